The Morgan fingerprint density at radius 1 is 1.35 bits per heavy atom. The van der Waals surface area contributed by atoms with Crippen LogP contribution in [0.2, 0.25) is 0 Å². The zero-order chi connectivity index (χ0) is 18.9. The van der Waals surface area contributed by atoms with Gasteiger partial charge in [-0.3, -0.25) is 9.79 Å². The van der Waals surface area contributed by atoms with E-state index in [1.54, 1.807) is 18.0 Å². The number of ether oxygens (including phenoxy) is 1. The highest BCUT2D eigenvalue weighted by atomic mass is 127. The Kier molecular flexibility index (Phi) is 11.0. The number of hydrogen-bond acceptors (Lipinski definition) is 3. The summed E-state index contributed by atoms with van der Waals surface area (Å²) in [6.07, 6.45) is 1.71. The van der Waals surface area contributed by atoms with Crippen LogP contribution in [0.25, 0.3) is 0 Å². The molecule has 0 aliphatic rings. The zero-order valence-electron chi connectivity index (χ0n) is 16.3. The minimum absolute atomic E-state index is 0. The molecule has 0 aliphatic heterocycles. The van der Waals surface area contributed by atoms with E-state index < -0.39 is 0 Å². The highest BCUT2D eigenvalue weighted by Gasteiger charge is 2.16. The van der Waals surface area contributed by atoms with Gasteiger partial charge >= 0.3 is 0 Å². The van der Waals surface area contributed by atoms with Crippen molar-refractivity contribution in [1.29, 1.82) is 0 Å². The van der Waals surface area contributed by atoms with Crippen LogP contribution in [-0.4, -0.2) is 49.6 Å². The van der Waals surface area contributed by atoms with Crippen molar-refractivity contribution >= 4 is 35.8 Å². The Morgan fingerprint density at radius 2 is 2.00 bits per heavy atom. The lowest BCUT2D eigenvalue weighted by Gasteiger charge is -2.25. The molecule has 0 unspecified atom stereocenters. The van der Waals surface area contributed by atoms with Crippen molar-refractivity contribution in [2.24, 2.45) is 4.99 Å². The number of nitrogens with one attached hydrogen (secondary N) is 2. The van der Waals surface area contributed by atoms with Gasteiger partial charge in [-0.15, -0.1) is 24.0 Å². The molecular weight excluding hydrogens is 443 g/mol. The third-order valence-corrected chi connectivity index (χ3v) is 3.23. The van der Waals surface area contributed by atoms with E-state index >= 15 is 0 Å². The number of benzene rings is 1. The second kappa shape index (κ2) is 11.8. The number of aliphatic imine (C=N–C) groups is 1. The summed E-state index contributed by atoms with van der Waals surface area (Å²) in [6.45, 7) is 10.8. The van der Waals surface area contributed by atoms with Crippen LogP contribution in [0.3, 0.4) is 0 Å². The SMILES string of the molecule is C=CCOc1ccccc1CNC(=NC)N(C)CC(=O)NC(C)(C)C.I. The molecule has 0 saturated carbocycles. The first-order chi connectivity index (χ1) is 11.8. The Morgan fingerprint density at radius 3 is 2.58 bits per heavy atom. The average Bonchev–Trinajstić information content (AvgIpc) is 2.52. The Hall–Kier alpha value is -1.77. The van der Waals surface area contributed by atoms with Gasteiger partial charge in [0.2, 0.25) is 5.91 Å². The maximum absolute atomic E-state index is 12.1. The van der Waals surface area contributed by atoms with Gasteiger partial charge in [0.05, 0.1) is 6.54 Å². The van der Waals surface area contributed by atoms with Gasteiger partial charge in [-0.2, -0.15) is 0 Å². The van der Waals surface area contributed by atoms with Gasteiger partial charge < -0.3 is 20.3 Å². The predicted octanol–water partition coefficient (Wildman–Crippen LogP) is 2.79. The second-order valence-electron chi connectivity index (χ2n) is 6.76. The molecule has 6 nitrogen and oxygen atoms in total. The molecule has 1 aromatic rings. The van der Waals surface area contributed by atoms with E-state index in [1.807, 2.05) is 52.1 Å². The van der Waals surface area contributed by atoms with E-state index in [0.717, 1.165) is 11.3 Å². The number of likely N-dealkylation sites (N-methyl/N-ethyl adjacent to an activating group) is 1. The molecule has 0 aliphatic carbocycles. The van der Waals surface area contributed by atoms with Crippen LogP contribution >= 0.6 is 24.0 Å². The van der Waals surface area contributed by atoms with Crippen molar-refractivity contribution in [3.8, 4) is 5.75 Å². The molecule has 1 amide bonds. The number of amides is 1. The first-order valence-electron chi connectivity index (χ1n) is 8.31. The van der Waals surface area contributed by atoms with Crippen LogP contribution in [0.15, 0.2) is 41.9 Å². The largest absolute Gasteiger partial charge is 0.489 e. The molecule has 0 aromatic heterocycles. The molecule has 2 N–H and O–H groups in total. The van der Waals surface area contributed by atoms with Crippen LogP contribution in [-0.2, 0) is 11.3 Å². The molecule has 0 saturated heterocycles. The Labute approximate surface area is 174 Å². The molecule has 146 valence electrons. The van der Waals surface area contributed by atoms with E-state index in [0.29, 0.717) is 19.1 Å². The maximum Gasteiger partial charge on any atom is 0.240 e. The molecule has 0 radical (unpaired) electrons. The molecule has 0 atom stereocenters. The summed E-state index contributed by atoms with van der Waals surface area (Å²) < 4.78 is 5.66. The molecule has 1 aromatic carbocycles. The molecule has 0 spiro atoms. The van der Waals surface area contributed by atoms with Crippen molar-refractivity contribution < 1.29 is 9.53 Å². The summed E-state index contributed by atoms with van der Waals surface area (Å²) >= 11 is 0. The van der Waals surface area contributed by atoms with Gasteiger partial charge in [-0.25, -0.2) is 0 Å². The molecule has 7 heteroatoms. The number of carbonyl (C=O) groups is 1. The van der Waals surface area contributed by atoms with Crippen LogP contribution in [0.5, 0.6) is 5.75 Å². The summed E-state index contributed by atoms with van der Waals surface area (Å²) in [5, 5.41) is 6.20. The Balaban J connectivity index is 0.00000625. The number of para-hydroxylation sites is 1. The van der Waals surface area contributed by atoms with E-state index in [1.165, 1.54) is 0 Å². The van der Waals surface area contributed by atoms with E-state index in [4.69, 9.17) is 4.74 Å². The van der Waals surface area contributed by atoms with Crippen molar-refractivity contribution in [1.82, 2.24) is 15.5 Å². The van der Waals surface area contributed by atoms with Gasteiger partial charge in [-0.1, -0.05) is 30.9 Å². The minimum atomic E-state index is -0.254. The third kappa shape index (κ3) is 9.07. The van der Waals surface area contributed by atoms with Crippen LogP contribution in [0, 0.1) is 0 Å². The van der Waals surface area contributed by atoms with Gasteiger partial charge in [0.25, 0.3) is 0 Å². The van der Waals surface area contributed by atoms with E-state index in [9.17, 15) is 4.79 Å². The van der Waals surface area contributed by atoms with Crippen molar-refractivity contribution in [2.75, 3.05) is 27.2 Å². The monoisotopic (exact) mass is 474 g/mol. The molecule has 26 heavy (non-hydrogen) atoms. The molecule has 1 rings (SSSR count). The van der Waals surface area contributed by atoms with Crippen molar-refractivity contribution in [3.05, 3.63) is 42.5 Å². The normalized spacial score (nSPS) is 11.2. The standard InChI is InChI=1S/C19H30N4O2.HI/c1-7-12-25-16-11-9-8-10-15(16)13-21-18(20-5)23(6)14-17(24)22-19(2,3)4;/h7-11H,1,12-14H2,2-6H3,(H,20,21)(H,22,24);1H. The van der Waals surface area contributed by atoms with E-state index in [-0.39, 0.29) is 42.0 Å². The highest BCUT2D eigenvalue weighted by Crippen LogP contribution is 2.17. The maximum atomic E-state index is 12.1. The lowest BCUT2D eigenvalue weighted by atomic mass is 10.1. The van der Waals surface area contributed by atoms with Gasteiger partial charge in [0.15, 0.2) is 5.96 Å². The lowest BCUT2D eigenvalue weighted by molar-refractivity contribution is -0.122. The van der Waals surface area contributed by atoms with E-state index in [2.05, 4.69) is 22.2 Å². The first-order valence-corrected chi connectivity index (χ1v) is 8.31. The van der Waals surface area contributed by atoms with Crippen molar-refractivity contribution in [2.45, 2.75) is 32.9 Å². The third-order valence-electron chi connectivity index (χ3n) is 3.23. The van der Waals surface area contributed by atoms with Crippen LogP contribution in [0.1, 0.15) is 26.3 Å². The Bertz CT molecular complexity index is 612. The molecule has 0 heterocycles. The topological polar surface area (TPSA) is 66.0 Å². The summed E-state index contributed by atoms with van der Waals surface area (Å²) in [5.74, 6) is 1.40. The number of carbonyl (C=O) groups excluding carboxylic acids is 1. The summed E-state index contributed by atoms with van der Waals surface area (Å²) in [5.41, 5.74) is 0.758. The fraction of sp³-hybridized carbons (Fsp3) is 0.474. The number of rotatable bonds is 7. The quantitative estimate of drug-likeness (QED) is 0.276. The van der Waals surface area contributed by atoms with Gasteiger partial charge in [0.1, 0.15) is 12.4 Å². The number of guanidine groups is 1. The fourth-order valence-corrected chi connectivity index (χ4v) is 2.25. The van der Waals surface area contributed by atoms with Crippen LogP contribution in [0.4, 0.5) is 0 Å². The average molecular weight is 474 g/mol. The number of halogens is 1. The fourth-order valence-electron chi connectivity index (χ4n) is 2.25. The summed E-state index contributed by atoms with van der Waals surface area (Å²) in [7, 11) is 3.53. The van der Waals surface area contributed by atoms with Gasteiger partial charge in [0, 0.05) is 31.7 Å². The second-order valence-corrected chi connectivity index (χ2v) is 6.76. The molecule has 0 bridgehead atoms. The zero-order valence-corrected chi connectivity index (χ0v) is 18.7. The highest BCUT2D eigenvalue weighted by molar-refractivity contribution is 14.0. The smallest absolute Gasteiger partial charge is 0.240 e. The minimum Gasteiger partial charge on any atom is -0.489 e. The van der Waals surface area contributed by atoms with Gasteiger partial charge in [-0.05, 0) is 26.8 Å². The number of hydrogen-bond donors (Lipinski definition) is 2. The van der Waals surface area contributed by atoms with Crippen molar-refractivity contribution in [3.63, 3.8) is 0 Å². The first kappa shape index (κ1) is 24.2. The predicted molar refractivity (Wildman–Crippen MR) is 118 cm³/mol. The van der Waals surface area contributed by atoms with Crippen LogP contribution < -0.4 is 15.4 Å². The molecule has 0 fully saturated rings. The summed E-state index contributed by atoms with van der Waals surface area (Å²) in [4.78, 5) is 18.1. The lowest BCUT2D eigenvalue weighted by Crippen LogP contribution is -2.48. The number of nitrogens with zero attached hydrogens (tertiary/aromatic N) is 2. The molecular formula is C19H31IN4O2. The summed E-state index contributed by atoms with van der Waals surface area (Å²) in [6, 6.07) is 7.80.